The highest BCUT2D eigenvalue weighted by atomic mass is 16.5. The van der Waals surface area contributed by atoms with Crippen molar-refractivity contribution in [3.63, 3.8) is 0 Å². The molecule has 0 saturated heterocycles. The first-order valence-electron chi connectivity index (χ1n) is 5.84. The van der Waals surface area contributed by atoms with E-state index in [4.69, 9.17) is 14.7 Å². The van der Waals surface area contributed by atoms with Crippen molar-refractivity contribution in [1.29, 1.82) is 5.26 Å². The molecule has 0 aromatic rings. The van der Waals surface area contributed by atoms with Crippen molar-refractivity contribution in [2.75, 3.05) is 26.4 Å². The first-order valence-corrected chi connectivity index (χ1v) is 5.84. The summed E-state index contributed by atoms with van der Waals surface area (Å²) < 4.78 is 10.9. The molecule has 16 heavy (non-hydrogen) atoms. The molecule has 0 aliphatic carbocycles. The average Bonchev–Trinajstić information content (AvgIpc) is 2.20. The lowest BCUT2D eigenvalue weighted by Crippen LogP contribution is -2.28. The fourth-order valence-electron chi connectivity index (χ4n) is 1.17. The molecular weight excluding hydrogens is 204 g/mol. The summed E-state index contributed by atoms with van der Waals surface area (Å²) in [5.74, 6) is 0. The third-order valence-corrected chi connectivity index (χ3v) is 1.92. The van der Waals surface area contributed by atoms with E-state index in [1.165, 1.54) is 0 Å². The van der Waals surface area contributed by atoms with E-state index in [9.17, 15) is 0 Å². The second-order valence-electron chi connectivity index (χ2n) is 4.60. The first-order chi connectivity index (χ1) is 7.49. The highest BCUT2D eigenvalue weighted by molar-refractivity contribution is 4.88. The largest absolute Gasteiger partial charge is 0.379 e. The minimum atomic E-state index is -0.109. The SMILES string of the molecule is CCNC(C#N)CCOCCOC(C)(C)C. The molecule has 4 heteroatoms. The second-order valence-corrected chi connectivity index (χ2v) is 4.60. The van der Waals surface area contributed by atoms with Crippen molar-refractivity contribution >= 4 is 0 Å². The molecule has 0 spiro atoms. The van der Waals surface area contributed by atoms with Crippen LogP contribution in [-0.4, -0.2) is 38.0 Å². The van der Waals surface area contributed by atoms with Gasteiger partial charge in [0.05, 0.1) is 30.9 Å². The molecule has 1 atom stereocenters. The average molecular weight is 228 g/mol. The molecule has 0 rings (SSSR count). The number of ether oxygens (including phenoxy) is 2. The molecule has 0 bridgehead atoms. The third kappa shape index (κ3) is 9.91. The molecule has 94 valence electrons. The minimum Gasteiger partial charge on any atom is -0.379 e. The Hall–Kier alpha value is -0.630. The normalized spacial score (nSPS) is 13.4. The summed E-state index contributed by atoms with van der Waals surface area (Å²) in [6.45, 7) is 10.6. The fraction of sp³-hybridized carbons (Fsp3) is 0.917. The predicted molar refractivity (Wildman–Crippen MR) is 64.2 cm³/mol. The molecule has 0 aliphatic rings. The van der Waals surface area contributed by atoms with Gasteiger partial charge in [-0.05, 0) is 33.7 Å². The van der Waals surface area contributed by atoms with Crippen LogP contribution in [0.1, 0.15) is 34.1 Å². The van der Waals surface area contributed by atoms with Gasteiger partial charge in [-0.2, -0.15) is 5.26 Å². The zero-order valence-electron chi connectivity index (χ0n) is 10.9. The minimum absolute atomic E-state index is 0.103. The van der Waals surface area contributed by atoms with E-state index in [0.717, 1.165) is 13.0 Å². The van der Waals surface area contributed by atoms with Crippen LogP contribution in [0.3, 0.4) is 0 Å². The van der Waals surface area contributed by atoms with Crippen LogP contribution in [0.25, 0.3) is 0 Å². The van der Waals surface area contributed by atoms with Gasteiger partial charge < -0.3 is 14.8 Å². The number of nitrogens with zero attached hydrogens (tertiary/aromatic N) is 1. The standard InChI is InChI=1S/C12H24N2O2/c1-5-14-11(10-13)6-7-15-8-9-16-12(2,3)4/h11,14H,5-9H2,1-4H3. The number of nitrogens with one attached hydrogen (secondary N) is 1. The monoisotopic (exact) mass is 228 g/mol. The second kappa shape index (κ2) is 8.51. The van der Waals surface area contributed by atoms with Crippen molar-refractivity contribution in [2.24, 2.45) is 0 Å². The fourth-order valence-corrected chi connectivity index (χ4v) is 1.17. The molecule has 0 heterocycles. The topological polar surface area (TPSA) is 54.3 Å². The van der Waals surface area contributed by atoms with Crippen LogP contribution in [0, 0.1) is 11.3 Å². The number of hydrogen-bond donors (Lipinski definition) is 1. The Bertz CT molecular complexity index is 206. The number of rotatable bonds is 8. The van der Waals surface area contributed by atoms with Gasteiger partial charge in [0, 0.05) is 6.61 Å². The van der Waals surface area contributed by atoms with Gasteiger partial charge in [-0.3, -0.25) is 0 Å². The summed E-state index contributed by atoms with van der Waals surface area (Å²) in [7, 11) is 0. The van der Waals surface area contributed by atoms with E-state index in [1.54, 1.807) is 0 Å². The van der Waals surface area contributed by atoms with E-state index >= 15 is 0 Å². The van der Waals surface area contributed by atoms with Crippen molar-refractivity contribution in [3.8, 4) is 6.07 Å². The molecule has 0 aromatic heterocycles. The highest BCUT2D eigenvalue weighted by Gasteiger charge is 2.09. The summed E-state index contributed by atoms with van der Waals surface area (Å²) >= 11 is 0. The van der Waals surface area contributed by atoms with Crippen LogP contribution in [0.2, 0.25) is 0 Å². The van der Waals surface area contributed by atoms with Gasteiger partial charge in [0.25, 0.3) is 0 Å². The van der Waals surface area contributed by atoms with Crippen LogP contribution in [-0.2, 0) is 9.47 Å². The van der Waals surface area contributed by atoms with E-state index in [-0.39, 0.29) is 11.6 Å². The Balaban J connectivity index is 3.36. The van der Waals surface area contributed by atoms with Gasteiger partial charge in [-0.15, -0.1) is 0 Å². The molecule has 0 saturated carbocycles. The number of nitriles is 1. The van der Waals surface area contributed by atoms with Gasteiger partial charge in [0.2, 0.25) is 0 Å². The molecule has 0 radical (unpaired) electrons. The van der Waals surface area contributed by atoms with Crippen LogP contribution >= 0.6 is 0 Å². The van der Waals surface area contributed by atoms with Crippen LogP contribution in [0.15, 0.2) is 0 Å². The molecule has 1 N–H and O–H groups in total. The molecule has 0 amide bonds. The quantitative estimate of drug-likeness (QED) is 0.643. The van der Waals surface area contributed by atoms with E-state index in [2.05, 4.69) is 11.4 Å². The maximum atomic E-state index is 8.77. The zero-order valence-corrected chi connectivity index (χ0v) is 10.9. The Morgan fingerprint density at radius 3 is 2.44 bits per heavy atom. The Morgan fingerprint density at radius 2 is 1.94 bits per heavy atom. The Morgan fingerprint density at radius 1 is 1.25 bits per heavy atom. The van der Waals surface area contributed by atoms with Crippen LogP contribution < -0.4 is 5.32 Å². The lowest BCUT2D eigenvalue weighted by molar-refractivity contribution is -0.0353. The van der Waals surface area contributed by atoms with Gasteiger partial charge >= 0.3 is 0 Å². The highest BCUT2D eigenvalue weighted by Crippen LogP contribution is 2.05. The summed E-state index contributed by atoms with van der Waals surface area (Å²) in [6, 6.07) is 2.09. The molecule has 0 fully saturated rings. The van der Waals surface area contributed by atoms with Crippen molar-refractivity contribution in [1.82, 2.24) is 5.32 Å². The van der Waals surface area contributed by atoms with Crippen molar-refractivity contribution in [3.05, 3.63) is 0 Å². The molecule has 0 aliphatic heterocycles. The zero-order chi connectivity index (χ0) is 12.4. The van der Waals surface area contributed by atoms with Gasteiger partial charge in [0.1, 0.15) is 0 Å². The molecule has 4 nitrogen and oxygen atoms in total. The van der Waals surface area contributed by atoms with E-state index < -0.39 is 0 Å². The lowest BCUT2D eigenvalue weighted by atomic mass is 10.2. The van der Waals surface area contributed by atoms with E-state index in [0.29, 0.717) is 19.8 Å². The maximum absolute atomic E-state index is 8.77. The predicted octanol–water partition coefficient (Wildman–Crippen LogP) is 1.71. The molecular formula is C12H24N2O2. The first kappa shape index (κ1) is 15.4. The molecule has 0 aromatic carbocycles. The maximum Gasteiger partial charge on any atom is 0.0974 e. The summed E-state index contributed by atoms with van der Waals surface area (Å²) in [4.78, 5) is 0. The molecule has 1 unspecified atom stereocenters. The lowest BCUT2D eigenvalue weighted by Gasteiger charge is -2.19. The number of hydrogen-bond acceptors (Lipinski definition) is 4. The van der Waals surface area contributed by atoms with Gasteiger partial charge in [0.15, 0.2) is 0 Å². The summed E-state index contributed by atoms with van der Waals surface area (Å²) in [5.41, 5.74) is -0.109. The van der Waals surface area contributed by atoms with E-state index in [1.807, 2.05) is 27.7 Å². The smallest absolute Gasteiger partial charge is 0.0974 e. The van der Waals surface area contributed by atoms with Crippen molar-refractivity contribution in [2.45, 2.75) is 45.8 Å². The Labute approximate surface area is 98.9 Å². The van der Waals surface area contributed by atoms with Crippen LogP contribution in [0.4, 0.5) is 0 Å². The summed E-state index contributed by atoms with van der Waals surface area (Å²) in [5, 5.41) is 11.8. The van der Waals surface area contributed by atoms with Crippen molar-refractivity contribution < 1.29 is 9.47 Å². The van der Waals surface area contributed by atoms with Gasteiger partial charge in [-0.25, -0.2) is 0 Å². The van der Waals surface area contributed by atoms with Crippen LogP contribution in [0.5, 0.6) is 0 Å². The third-order valence-electron chi connectivity index (χ3n) is 1.92. The van der Waals surface area contributed by atoms with Gasteiger partial charge in [-0.1, -0.05) is 6.92 Å². The summed E-state index contributed by atoms with van der Waals surface area (Å²) in [6.07, 6.45) is 0.722. The Kier molecular flexibility index (Phi) is 8.18.